The van der Waals surface area contributed by atoms with Crippen molar-refractivity contribution in [1.29, 1.82) is 0 Å². The summed E-state index contributed by atoms with van der Waals surface area (Å²) in [5, 5.41) is 0. The average molecular weight is 314 g/mol. The molecule has 1 aromatic heterocycles. The Labute approximate surface area is 124 Å². The molecule has 0 aliphatic heterocycles. The van der Waals surface area contributed by atoms with Crippen LogP contribution in [0.25, 0.3) is 0 Å². The van der Waals surface area contributed by atoms with Gasteiger partial charge >= 0.3 is 6.18 Å². The molecule has 0 aliphatic carbocycles. The number of ketones is 1. The Morgan fingerprint density at radius 2 is 1.90 bits per heavy atom. The van der Waals surface area contributed by atoms with E-state index in [2.05, 4.69) is 0 Å². The molecule has 0 bridgehead atoms. The predicted octanol–water partition coefficient (Wildman–Crippen LogP) is 4.59. The minimum atomic E-state index is -4.50. The number of Topliss-reactive ketones (excluding diaryl/α,β-unsaturated/α-hetero) is 1. The van der Waals surface area contributed by atoms with E-state index in [-0.39, 0.29) is 11.5 Å². The quantitative estimate of drug-likeness (QED) is 0.754. The van der Waals surface area contributed by atoms with Crippen molar-refractivity contribution in [2.45, 2.75) is 19.5 Å². The van der Waals surface area contributed by atoms with Crippen molar-refractivity contribution in [3.63, 3.8) is 0 Å². The number of para-hydroxylation sites is 1. The molecule has 0 radical (unpaired) electrons. The zero-order chi connectivity index (χ0) is 15.5. The third-order valence-electron chi connectivity index (χ3n) is 2.84. The van der Waals surface area contributed by atoms with Gasteiger partial charge in [0.15, 0.2) is 6.61 Å². The monoisotopic (exact) mass is 314 g/mol. The highest BCUT2D eigenvalue weighted by Gasteiger charge is 2.34. The molecule has 0 amide bonds. The van der Waals surface area contributed by atoms with E-state index >= 15 is 0 Å². The van der Waals surface area contributed by atoms with Crippen LogP contribution in [0.5, 0.6) is 5.75 Å². The van der Waals surface area contributed by atoms with Gasteiger partial charge in [0, 0.05) is 4.88 Å². The van der Waals surface area contributed by atoms with Crippen LogP contribution in [0.15, 0.2) is 36.4 Å². The lowest BCUT2D eigenvalue weighted by Gasteiger charge is -2.12. The lowest BCUT2D eigenvalue weighted by molar-refractivity contribution is -0.138. The van der Waals surface area contributed by atoms with Gasteiger partial charge in [-0.15, -0.1) is 11.3 Å². The van der Waals surface area contributed by atoms with E-state index in [9.17, 15) is 18.0 Å². The second-order valence-electron chi connectivity index (χ2n) is 4.33. The van der Waals surface area contributed by atoms with Crippen molar-refractivity contribution in [3.05, 3.63) is 51.7 Å². The number of thiophene rings is 1. The van der Waals surface area contributed by atoms with Gasteiger partial charge < -0.3 is 4.74 Å². The maximum atomic E-state index is 12.8. The van der Waals surface area contributed by atoms with Gasteiger partial charge in [-0.25, -0.2) is 0 Å². The molecule has 0 fully saturated rings. The number of benzene rings is 1. The molecule has 0 saturated heterocycles. The number of rotatable bonds is 5. The van der Waals surface area contributed by atoms with Crippen LogP contribution < -0.4 is 4.74 Å². The van der Waals surface area contributed by atoms with Gasteiger partial charge in [-0.3, -0.25) is 4.79 Å². The van der Waals surface area contributed by atoms with Crippen molar-refractivity contribution >= 4 is 17.1 Å². The molecule has 1 aromatic carbocycles. The molecule has 2 rings (SSSR count). The van der Waals surface area contributed by atoms with Crippen LogP contribution in [0.2, 0.25) is 0 Å². The molecule has 2 nitrogen and oxygen atoms in total. The van der Waals surface area contributed by atoms with Crippen LogP contribution >= 0.6 is 11.3 Å². The van der Waals surface area contributed by atoms with Gasteiger partial charge in [0.05, 0.1) is 10.4 Å². The zero-order valence-corrected chi connectivity index (χ0v) is 12.1. The van der Waals surface area contributed by atoms with Crippen LogP contribution in [0, 0.1) is 0 Å². The third-order valence-corrected chi connectivity index (χ3v) is 4.11. The first-order valence-corrected chi connectivity index (χ1v) is 7.14. The maximum Gasteiger partial charge on any atom is 0.419 e. The summed E-state index contributed by atoms with van der Waals surface area (Å²) in [6.45, 7) is 1.56. The summed E-state index contributed by atoms with van der Waals surface area (Å²) in [5.74, 6) is -0.651. The zero-order valence-electron chi connectivity index (χ0n) is 11.2. The minimum absolute atomic E-state index is 0.323. The van der Waals surface area contributed by atoms with Gasteiger partial charge in [0.2, 0.25) is 5.78 Å². The maximum absolute atomic E-state index is 12.8. The number of hydrogen-bond acceptors (Lipinski definition) is 3. The van der Waals surface area contributed by atoms with Crippen molar-refractivity contribution in [2.24, 2.45) is 0 Å². The van der Waals surface area contributed by atoms with Crippen molar-refractivity contribution in [1.82, 2.24) is 0 Å². The van der Waals surface area contributed by atoms with Crippen LogP contribution in [0.1, 0.15) is 27.0 Å². The standard InChI is InChI=1S/C15H13F3O2S/c1-2-10-7-8-14(21-10)12(19)9-20-13-6-4-3-5-11(13)15(16,17)18/h3-8H,2,9H2,1H3. The number of carbonyl (C=O) groups is 1. The Kier molecular flexibility index (Phi) is 4.67. The first kappa shape index (κ1) is 15.6. The summed E-state index contributed by atoms with van der Waals surface area (Å²) in [6.07, 6.45) is -3.69. The van der Waals surface area contributed by atoms with E-state index in [1.54, 1.807) is 6.07 Å². The molecular formula is C15H13F3O2S. The fourth-order valence-corrected chi connectivity index (χ4v) is 2.63. The topological polar surface area (TPSA) is 26.3 Å². The van der Waals surface area contributed by atoms with Crippen LogP contribution in [0.3, 0.4) is 0 Å². The SMILES string of the molecule is CCc1ccc(C(=O)COc2ccccc2C(F)(F)F)s1. The first-order chi connectivity index (χ1) is 9.91. The Morgan fingerprint density at radius 1 is 1.19 bits per heavy atom. The van der Waals surface area contributed by atoms with Gasteiger partial charge in [-0.05, 0) is 30.7 Å². The summed E-state index contributed by atoms with van der Waals surface area (Å²) < 4.78 is 43.4. The summed E-state index contributed by atoms with van der Waals surface area (Å²) in [5.41, 5.74) is -0.877. The lowest BCUT2D eigenvalue weighted by atomic mass is 10.2. The number of aryl methyl sites for hydroxylation is 1. The van der Waals surface area contributed by atoms with Crippen molar-refractivity contribution < 1.29 is 22.7 Å². The summed E-state index contributed by atoms with van der Waals surface area (Å²) in [7, 11) is 0. The molecule has 6 heteroatoms. The molecular weight excluding hydrogens is 301 g/mol. The third kappa shape index (κ3) is 3.85. The summed E-state index contributed by atoms with van der Waals surface area (Å²) >= 11 is 1.33. The molecule has 0 N–H and O–H groups in total. The minimum Gasteiger partial charge on any atom is -0.485 e. The van der Waals surface area contributed by atoms with E-state index in [4.69, 9.17) is 4.74 Å². The molecule has 0 spiro atoms. The number of ether oxygens (including phenoxy) is 1. The fourth-order valence-electron chi connectivity index (χ4n) is 1.76. The van der Waals surface area contributed by atoms with Gasteiger partial charge in [0.1, 0.15) is 5.75 Å². The van der Waals surface area contributed by atoms with Crippen LogP contribution in [-0.4, -0.2) is 12.4 Å². The summed E-state index contributed by atoms with van der Waals surface area (Å²) in [6, 6.07) is 8.37. The highest BCUT2D eigenvalue weighted by Crippen LogP contribution is 2.35. The smallest absolute Gasteiger partial charge is 0.419 e. The normalized spacial score (nSPS) is 11.4. The largest absolute Gasteiger partial charge is 0.485 e. The molecule has 0 unspecified atom stereocenters. The highest BCUT2D eigenvalue weighted by molar-refractivity contribution is 7.14. The second kappa shape index (κ2) is 6.30. The van der Waals surface area contributed by atoms with E-state index in [0.717, 1.165) is 17.4 Å². The molecule has 112 valence electrons. The average Bonchev–Trinajstić information content (AvgIpc) is 2.93. The van der Waals surface area contributed by atoms with E-state index in [0.29, 0.717) is 4.88 Å². The Hall–Kier alpha value is -1.82. The number of alkyl halides is 3. The predicted molar refractivity (Wildman–Crippen MR) is 75.0 cm³/mol. The van der Waals surface area contributed by atoms with Gasteiger partial charge in [-0.2, -0.15) is 13.2 Å². The second-order valence-corrected chi connectivity index (χ2v) is 5.49. The van der Waals surface area contributed by atoms with Crippen LogP contribution in [0.4, 0.5) is 13.2 Å². The molecule has 0 atom stereocenters. The summed E-state index contributed by atoms with van der Waals surface area (Å²) in [4.78, 5) is 13.5. The molecule has 1 heterocycles. The highest BCUT2D eigenvalue weighted by atomic mass is 32.1. The number of carbonyl (C=O) groups excluding carboxylic acids is 1. The molecule has 21 heavy (non-hydrogen) atoms. The van der Waals surface area contributed by atoms with Crippen molar-refractivity contribution in [2.75, 3.05) is 6.61 Å². The van der Waals surface area contributed by atoms with E-state index < -0.39 is 18.3 Å². The Balaban J connectivity index is 2.08. The number of halogens is 3. The van der Waals surface area contributed by atoms with Crippen LogP contribution in [-0.2, 0) is 12.6 Å². The Bertz CT molecular complexity index is 632. The number of hydrogen-bond donors (Lipinski definition) is 0. The lowest BCUT2D eigenvalue weighted by Crippen LogP contribution is -2.14. The molecule has 2 aromatic rings. The molecule has 0 aliphatic rings. The fraction of sp³-hybridized carbons (Fsp3) is 0.267. The van der Waals surface area contributed by atoms with Gasteiger partial charge in [0.25, 0.3) is 0 Å². The van der Waals surface area contributed by atoms with Gasteiger partial charge in [-0.1, -0.05) is 19.1 Å². The van der Waals surface area contributed by atoms with E-state index in [1.165, 1.54) is 29.5 Å². The Morgan fingerprint density at radius 3 is 2.52 bits per heavy atom. The molecule has 0 saturated carbocycles. The van der Waals surface area contributed by atoms with Crippen molar-refractivity contribution in [3.8, 4) is 5.75 Å². The van der Waals surface area contributed by atoms with E-state index in [1.807, 2.05) is 13.0 Å². The first-order valence-electron chi connectivity index (χ1n) is 6.32.